The average molecular weight is 232 g/mol. The van der Waals surface area contributed by atoms with Gasteiger partial charge in [0.05, 0.1) is 7.11 Å². The van der Waals surface area contributed by atoms with Gasteiger partial charge in [0.25, 0.3) is 0 Å². The Bertz CT molecular complexity index is 431. The maximum absolute atomic E-state index is 5.11. The fraction of sp³-hybridized carbons (Fsp3) is 0.167. The standard InChI is InChI=1S/C12H12N2OS/c1-15-11-4-2-10(3-5-11)8-16-12-6-13-9-14-7-12/h2-7,9H,8H2,1H3. The number of thioether (sulfide) groups is 1. The lowest BCUT2D eigenvalue weighted by Crippen LogP contribution is -1.85. The van der Waals surface area contributed by atoms with Gasteiger partial charge in [-0.3, -0.25) is 0 Å². The fourth-order valence-corrected chi connectivity index (χ4v) is 2.04. The number of aromatic nitrogens is 2. The third-order valence-corrected chi connectivity index (χ3v) is 3.12. The van der Waals surface area contributed by atoms with Crippen LogP contribution in [0.4, 0.5) is 0 Å². The zero-order chi connectivity index (χ0) is 11.2. The summed E-state index contributed by atoms with van der Waals surface area (Å²) in [6, 6.07) is 8.07. The molecule has 0 fully saturated rings. The van der Waals surface area contributed by atoms with Gasteiger partial charge in [-0.15, -0.1) is 11.8 Å². The fourth-order valence-electron chi connectivity index (χ4n) is 1.25. The molecule has 0 radical (unpaired) electrons. The zero-order valence-corrected chi connectivity index (χ0v) is 9.78. The van der Waals surface area contributed by atoms with Gasteiger partial charge in [-0.2, -0.15) is 0 Å². The molecule has 16 heavy (non-hydrogen) atoms. The first-order chi connectivity index (χ1) is 7.88. The Hall–Kier alpha value is -1.55. The van der Waals surface area contributed by atoms with Crippen LogP contribution in [0.25, 0.3) is 0 Å². The Balaban J connectivity index is 1.94. The molecule has 0 bridgehead atoms. The van der Waals surface area contributed by atoms with Crippen molar-refractivity contribution in [1.82, 2.24) is 9.97 Å². The van der Waals surface area contributed by atoms with Crippen LogP contribution < -0.4 is 4.74 Å². The third kappa shape index (κ3) is 2.97. The Morgan fingerprint density at radius 2 is 1.81 bits per heavy atom. The highest BCUT2D eigenvalue weighted by Crippen LogP contribution is 2.22. The van der Waals surface area contributed by atoms with Crippen LogP contribution in [0, 0.1) is 0 Å². The maximum atomic E-state index is 5.11. The van der Waals surface area contributed by atoms with Crippen molar-refractivity contribution in [3.63, 3.8) is 0 Å². The second-order valence-corrected chi connectivity index (χ2v) is 4.26. The van der Waals surface area contributed by atoms with Crippen molar-refractivity contribution < 1.29 is 4.74 Å². The topological polar surface area (TPSA) is 35.0 Å². The molecule has 4 heteroatoms. The molecule has 0 aliphatic heterocycles. The first-order valence-corrected chi connectivity index (χ1v) is 5.88. The van der Waals surface area contributed by atoms with E-state index in [4.69, 9.17) is 4.74 Å². The highest BCUT2D eigenvalue weighted by molar-refractivity contribution is 7.98. The van der Waals surface area contributed by atoms with Crippen molar-refractivity contribution in [2.45, 2.75) is 10.6 Å². The Labute approximate surface area is 98.9 Å². The summed E-state index contributed by atoms with van der Waals surface area (Å²) in [5.41, 5.74) is 1.26. The maximum Gasteiger partial charge on any atom is 0.118 e. The molecular weight excluding hydrogens is 220 g/mol. The van der Waals surface area contributed by atoms with Crippen LogP contribution in [-0.2, 0) is 5.75 Å². The van der Waals surface area contributed by atoms with Crippen LogP contribution in [0.2, 0.25) is 0 Å². The van der Waals surface area contributed by atoms with Crippen LogP contribution in [0.1, 0.15) is 5.56 Å². The van der Waals surface area contributed by atoms with E-state index in [1.807, 2.05) is 24.5 Å². The van der Waals surface area contributed by atoms with Crippen molar-refractivity contribution in [3.8, 4) is 5.75 Å². The lowest BCUT2D eigenvalue weighted by Gasteiger charge is -2.03. The average Bonchev–Trinajstić information content (AvgIpc) is 2.38. The second-order valence-electron chi connectivity index (χ2n) is 3.21. The van der Waals surface area contributed by atoms with Gasteiger partial charge in [0, 0.05) is 23.0 Å². The molecule has 0 unspecified atom stereocenters. The largest absolute Gasteiger partial charge is 0.497 e. The van der Waals surface area contributed by atoms with Gasteiger partial charge in [0.2, 0.25) is 0 Å². The summed E-state index contributed by atoms with van der Waals surface area (Å²) in [4.78, 5) is 9.03. The number of rotatable bonds is 4. The molecule has 2 aromatic rings. The molecule has 0 spiro atoms. The van der Waals surface area contributed by atoms with E-state index in [0.717, 1.165) is 16.4 Å². The normalized spacial score (nSPS) is 10.1. The van der Waals surface area contributed by atoms with E-state index in [-0.39, 0.29) is 0 Å². The lowest BCUT2D eigenvalue weighted by molar-refractivity contribution is 0.414. The van der Waals surface area contributed by atoms with Gasteiger partial charge in [-0.1, -0.05) is 12.1 Å². The number of methoxy groups -OCH3 is 1. The molecule has 0 amide bonds. The number of benzene rings is 1. The summed E-state index contributed by atoms with van der Waals surface area (Å²) in [5.74, 6) is 1.80. The molecule has 1 aromatic heterocycles. The third-order valence-electron chi connectivity index (χ3n) is 2.10. The predicted octanol–water partition coefficient (Wildman–Crippen LogP) is 2.78. The highest BCUT2D eigenvalue weighted by atomic mass is 32.2. The van der Waals surface area contributed by atoms with Crippen molar-refractivity contribution >= 4 is 11.8 Å². The molecule has 0 atom stereocenters. The summed E-state index contributed by atoms with van der Waals surface area (Å²) in [7, 11) is 1.67. The second kappa shape index (κ2) is 5.51. The molecular formula is C12H12N2OS. The highest BCUT2D eigenvalue weighted by Gasteiger charge is 1.97. The monoisotopic (exact) mass is 232 g/mol. The number of hydrogen-bond acceptors (Lipinski definition) is 4. The summed E-state index contributed by atoms with van der Waals surface area (Å²) >= 11 is 1.72. The zero-order valence-electron chi connectivity index (χ0n) is 8.96. The number of ether oxygens (including phenoxy) is 1. The first kappa shape index (κ1) is 11.0. The molecule has 0 saturated carbocycles. The smallest absolute Gasteiger partial charge is 0.118 e. The van der Waals surface area contributed by atoms with Crippen molar-refractivity contribution in [2.24, 2.45) is 0 Å². The minimum absolute atomic E-state index is 0.886. The molecule has 0 aliphatic carbocycles. The van der Waals surface area contributed by atoms with E-state index >= 15 is 0 Å². The van der Waals surface area contributed by atoms with Crippen LogP contribution in [0.5, 0.6) is 5.75 Å². The van der Waals surface area contributed by atoms with Gasteiger partial charge in [-0.25, -0.2) is 9.97 Å². The molecule has 0 N–H and O–H groups in total. The molecule has 1 heterocycles. The van der Waals surface area contributed by atoms with Gasteiger partial charge in [-0.05, 0) is 17.7 Å². The van der Waals surface area contributed by atoms with Gasteiger partial charge >= 0.3 is 0 Å². The summed E-state index contributed by atoms with van der Waals surface area (Å²) in [5, 5.41) is 0. The van der Waals surface area contributed by atoms with E-state index in [1.165, 1.54) is 11.9 Å². The molecule has 0 saturated heterocycles. The van der Waals surface area contributed by atoms with Crippen molar-refractivity contribution in [3.05, 3.63) is 48.5 Å². The van der Waals surface area contributed by atoms with E-state index in [2.05, 4.69) is 22.1 Å². The van der Waals surface area contributed by atoms with E-state index in [0.29, 0.717) is 0 Å². The minimum atomic E-state index is 0.886. The molecule has 3 nitrogen and oxygen atoms in total. The first-order valence-electron chi connectivity index (χ1n) is 4.89. The van der Waals surface area contributed by atoms with Crippen LogP contribution in [-0.4, -0.2) is 17.1 Å². The summed E-state index contributed by atoms with van der Waals surface area (Å²) in [6.07, 6.45) is 5.18. The van der Waals surface area contributed by atoms with Crippen molar-refractivity contribution in [2.75, 3.05) is 7.11 Å². The summed E-state index contributed by atoms with van der Waals surface area (Å²) in [6.45, 7) is 0. The SMILES string of the molecule is COc1ccc(CSc2cncnc2)cc1. The minimum Gasteiger partial charge on any atom is -0.497 e. The van der Waals surface area contributed by atoms with Crippen molar-refractivity contribution in [1.29, 1.82) is 0 Å². The van der Waals surface area contributed by atoms with E-state index in [9.17, 15) is 0 Å². The quantitative estimate of drug-likeness (QED) is 0.759. The van der Waals surface area contributed by atoms with E-state index < -0.39 is 0 Å². The van der Waals surface area contributed by atoms with E-state index in [1.54, 1.807) is 18.9 Å². The van der Waals surface area contributed by atoms with Gasteiger partial charge in [0.15, 0.2) is 0 Å². The Morgan fingerprint density at radius 3 is 2.44 bits per heavy atom. The van der Waals surface area contributed by atoms with Crippen LogP contribution in [0.15, 0.2) is 47.9 Å². The molecule has 1 aromatic carbocycles. The molecule has 82 valence electrons. The Kier molecular flexibility index (Phi) is 3.77. The number of hydrogen-bond donors (Lipinski definition) is 0. The van der Waals surface area contributed by atoms with Gasteiger partial charge < -0.3 is 4.74 Å². The number of nitrogens with zero attached hydrogens (tertiary/aromatic N) is 2. The van der Waals surface area contributed by atoms with Crippen LogP contribution >= 0.6 is 11.8 Å². The summed E-state index contributed by atoms with van der Waals surface area (Å²) < 4.78 is 5.11. The molecule has 0 aliphatic rings. The van der Waals surface area contributed by atoms with Crippen LogP contribution in [0.3, 0.4) is 0 Å². The Morgan fingerprint density at radius 1 is 1.12 bits per heavy atom. The predicted molar refractivity (Wildman–Crippen MR) is 64.6 cm³/mol. The lowest BCUT2D eigenvalue weighted by atomic mass is 10.2. The molecule has 2 rings (SSSR count). The van der Waals surface area contributed by atoms with Gasteiger partial charge in [0.1, 0.15) is 12.1 Å².